The Morgan fingerprint density at radius 2 is 2.00 bits per heavy atom. The first kappa shape index (κ1) is 15.0. The number of piperazine rings is 1. The quantitative estimate of drug-likeness (QED) is 0.364. The van der Waals surface area contributed by atoms with Crippen molar-refractivity contribution < 1.29 is 14.7 Å². The van der Waals surface area contributed by atoms with Crippen molar-refractivity contribution in [2.75, 3.05) is 38.2 Å². The summed E-state index contributed by atoms with van der Waals surface area (Å²) in [5.74, 6) is 0.645. The zero-order valence-corrected chi connectivity index (χ0v) is 12.0. The number of carbonyl (C=O) groups excluding carboxylic acids is 1. The Balaban J connectivity index is 1.95. The predicted octanol–water partition coefficient (Wildman–Crippen LogP) is 0.480. The smallest absolute Gasteiger partial charge is 0.230 e. The highest BCUT2D eigenvalue weighted by molar-refractivity contribution is 5.98. The van der Waals surface area contributed by atoms with Gasteiger partial charge in [0.15, 0.2) is 0 Å². The molecule has 1 aromatic carbocycles. The summed E-state index contributed by atoms with van der Waals surface area (Å²) in [6, 6.07) is 7.82. The van der Waals surface area contributed by atoms with Crippen LogP contribution in [0.4, 0.5) is 5.69 Å². The number of hydrogen-bond acceptors (Lipinski definition) is 5. The van der Waals surface area contributed by atoms with Gasteiger partial charge in [0, 0.05) is 26.2 Å². The first-order valence-electron chi connectivity index (χ1n) is 6.78. The van der Waals surface area contributed by atoms with Gasteiger partial charge in [0.05, 0.1) is 19.2 Å². The Hall–Kier alpha value is -2.44. The van der Waals surface area contributed by atoms with Crippen LogP contribution in [-0.2, 0) is 4.79 Å². The molecule has 1 heterocycles. The zero-order valence-electron chi connectivity index (χ0n) is 12.0. The van der Waals surface area contributed by atoms with Crippen LogP contribution in [0.5, 0.6) is 5.75 Å². The first-order valence-corrected chi connectivity index (χ1v) is 6.78. The molecular weight excluding hydrogens is 272 g/mol. The van der Waals surface area contributed by atoms with Crippen molar-refractivity contribution in [3.63, 3.8) is 0 Å². The van der Waals surface area contributed by atoms with E-state index in [1.807, 2.05) is 24.3 Å². The van der Waals surface area contributed by atoms with Gasteiger partial charge in [0.2, 0.25) is 5.91 Å². The largest absolute Gasteiger partial charge is 0.495 e. The first-order chi connectivity index (χ1) is 10.2. The van der Waals surface area contributed by atoms with Crippen molar-refractivity contribution >= 4 is 17.4 Å². The molecule has 1 fully saturated rings. The van der Waals surface area contributed by atoms with Crippen LogP contribution in [0.3, 0.4) is 0 Å². The second-order valence-electron chi connectivity index (χ2n) is 4.81. The Kier molecular flexibility index (Phi) is 4.86. The van der Waals surface area contributed by atoms with Crippen molar-refractivity contribution in [2.45, 2.75) is 6.42 Å². The van der Waals surface area contributed by atoms with Gasteiger partial charge in [-0.3, -0.25) is 4.79 Å². The van der Waals surface area contributed by atoms with Gasteiger partial charge >= 0.3 is 0 Å². The van der Waals surface area contributed by atoms with Gasteiger partial charge in [0.25, 0.3) is 0 Å². The molecular formula is C14H20N4O3. The van der Waals surface area contributed by atoms with Crippen LogP contribution in [-0.4, -0.2) is 55.1 Å². The number of nitrogens with zero attached hydrogens (tertiary/aromatic N) is 3. The molecule has 0 aliphatic carbocycles. The van der Waals surface area contributed by atoms with Gasteiger partial charge in [0.1, 0.15) is 11.6 Å². The molecule has 0 spiro atoms. The molecule has 0 bridgehead atoms. The van der Waals surface area contributed by atoms with Crippen molar-refractivity contribution in [2.24, 2.45) is 10.9 Å². The average molecular weight is 292 g/mol. The molecule has 114 valence electrons. The van der Waals surface area contributed by atoms with Gasteiger partial charge in [-0.15, -0.1) is 0 Å². The second kappa shape index (κ2) is 6.83. The van der Waals surface area contributed by atoms with E-state index in [0.29, 0.717) is 13.1 Å². The molecule has 0 aromatic heterocycles. The van der Waals surface area contributed by atoms with E-state index in [2.05, 4.69) is 10.1 Å². The number of nitrogens with two attached hydrogens (primary N) is 1. The molecule has 1 aliphatic rings. The standard InChI is InChI=1S/C14H20N4O3/c1-21-12-5-3-2-4-11(12)17-6-8-18(9-7-17)14(19)10-13(15)16-20/h2-5,20H,6-10H2,1H3,(H2,15,16). The molecule has 1 amide bonds. The summed E-state index contributed by atoms with van der Waals surface area (Å²) in [5.41, 5.74) is 6.39. The SMILES string of the molecule is COc1ccccc1N1CCN(C(=O)C/C(N)=N/O)CC1. The summed E-state index contributed by atoms with van der Waals surface area (Å²) in [4.78, 5) is 15.9. The number of ether oxygens (including phenoxy) is 1. The van der Waals surface area contributed by atoms with E-state index < -0.39 is 0 Å². The fourth-order valence-corrected chi connectivity index (χ4v) is 2.39. The Morgan fingerprint density at radius 3 is 2.62 bits per heavy atom. The van der Waals surface area contributed by atoms with Crippen molar-refractivity contribution in [1.82, 2.24) is 4.90 Å². The monoisotopic (exact) mass is 292 g/mol. The van der Waals surface area contributed by atoms with Crippen LogP contribution in [0, 0.1) is 0 Å². The lowest BCUT2D eigenvalue weighted by Gasteiger charge is -2.36. The number of para-hydroxylation sites is 2. The normalized spacial score (nSPS) is 16.0. The van der Waals surface area contributed by atoms with Crippen LogP contribution >= 0.6 is 0 Å². The minimum absolute atomic E-state index is 0.0504. The maximum absolute atomic E-state index is 11.9. The number of amidine groups is 1. The van der Waals surface area contributed by atoms with Gasteiger partial charge in [-0.2, -0.15) is 0 Å². The second-order valence-corrected chi connectivity index (χ2v) is 4.81. The molecule has 0 atom stereocenters. The Bertz CT molecular complexity index is 525. The van der Waals surface area contributed by atoms with E-state index >= 15 is 0 Å². The van der Waals surface area contributed by atoms with E-state index in [1.165, 1.54) is 0 Å². The third kappa shape index (κ3) is 3.56. The summed E-state index contributed by atoms with van der Waals surface area (Å²) in [7, 11) is 1.65. The highest BCUT2D eigenvalue weighted by atomic mass is 16.5. The molecule has 0 unspecified atom stereocenters. The average Bonchev–Trinajstić information content (AvgIpc) is 2.54. The molecule has 7 heteroatoms. The third-order valence-electron chi connectivity index (χ3n) is 3.52. The minimum Gasteiger partial charge on any atom is -0.495 e. The number of oxime groups is 1. The fourth-order valence-electron chi connectivity index (χ4n) is 2.39. The van der Waals surface area contributed by atoms with Crippen molar-refractivity contribution in [1.29, 1.82) is 0 Å². The van der Waals surface area contributed by atoms with E-state index in [1.54, 1.807) is 12.0 Å². The zero-order chi connectivity index (χ0) is 15.2. The van der Waals surface area contributed by atoms with Gasteiger partial charge in [-0.25, -0.2) is 0 Å². The van der Waals surface area contributed by atoms with Gasteiger partial charge in [-0.1, -0.05) is 17.3 Å². The topological polar surface area (TPSA) is 91.4 Å². The molecule has 1 aromatic rings. The molecule has 2 rings (SSSR count). The molecule has 1 aliphatic heterocycles. The number of hydrogen-bond donors (Lipinski definition) is 2. The number of methoxy groups -OCH3 is 1. The van der Waals surface area contributed by atoms with Crippen LogP contribution in [0.2, 0.25) is 0 Å². The van der Waals surface area contributed by atoms with E-state index in [4.69, 9.17) is 15.7 Å². The molecule has 21 heavy (non-hydrogen) atoms. The lowest BCUT2D eigenvalue weighted by Crippen LogP contribution is -2.49. The van der Waals surface area contributed by atoms with Gasteiger partial charge in [-0.05, 0) is 12.1 Å². The number of rotatable bonds is 4. The van der Waals surface area contributed by atoms with Gasteiger partial charge < -0.3 is 25.5 Å². The van der Waals surface area contributed by atoms with Crippen LogP contribution in [0.1, 0.15) is 6.42 Å². The maximum Gasteiger partial charge on any atom is 0.230 e. The fraction of sp³-hybridized carbons (Fsp3) is 0.429. The molecule has 0 radical (unpaired) electrons. The molecule has 3 N–H and O–H groups in total. The van der Waals surface area contributed by atoms with E-state index in [-0.39, 0.29) is 18.2 Å². The Morgan fingerprint density at radius 1 is 1.33 bits per heavy atom. The Labute approximate surface area is 123 Å². The van der Waals surface area contributed by atoms with Crippen molar-refractivity contribution in [3.05, 3.63) is 24.3 Å². The number of benzene rings is 1. The molecule has 7 nitrogen and oxygen atoms in total. The summed E-state index contributed by atoms with van der Waals surface area (Å²) in [6.45, 7) is 2.66. The lowest BCUT2D eigenvalue weighted by atomic mass is 10.2. The highest BCUT2D eigenvalue weighted by Gasteiger charge is 2.23. The minimum atomic E-state index is -0.120. The highest BCUT2D eigenvalue weighted by Crippen LogP contribution is 2.28. The summed E-state index contributed by atoms with van der Waals surface area (Å²) in [5, 5.41) is 11.3. The summed E-state index contributed by atoms with van der Waals surface area (Å²) in [6.07, 6.45) is -0.0504. The van der Waals surface area contributed by atoms with E-state index in [0.717, 1.165) is 24.5 Å². The van der Waals surface area contributed by atoms with Crippen LogP contribution in [0.15, 0.2) is 29.4 Å². The number of amides is 1. The molecule has 0 saturated carbocycles. The van der Waals surface area contributed by atoms with Crippen molar-refractivity contribution in [3.8, 4) is 5.75 Å². The molecule has 1 saturated heterocycles. The van der Waals surface area contributed by atoms with Crippen LogP contribution < -0.4 is 15.4 Å². The predicted molar refractivity (Wildman–Crippen MR) is 79.8 cm³/mol. The summed E-state index contributed by atoms with van der Waals surface area (Å²) >= 11 is 0. The summed E-state index contributed by atoms with van der Waals surface area (Å²) < 4.78 is 5.36. The third-order valence-corrected chi connectivity index (χ3v) is 3.52. The lowest BCUT2D eigenvalue weighted by molar-refractivity contribution is -0.130. The maximum atomic E-state index is 11.9. The number of anilines is 1. The number of carbonyl (C=O) groups is 1. The van der Waals surface area contributed by atoms with Crippen LogP contribution in [0.25, 0.3) is 0 Å². The van der Waals surface area contributed by atoms with E-state index in [9.17, 15) is 4.79 Å².